The number of carbonyl (C=O) groups excluding carboxylic acids is 1. The van der Waals surface area contributed by atoms with Crippen LogP contribution in [0.3, 0.4) is 0 Å². The molecule has 2 bridgehead atoms. The largest absolute Gasteiger partial charge is 0.478 e. The van der Waals surface area contributed by atoms with E-state index in [1.54, 1.807) is 0 Å². The topological polar surface area (TPSA) is 47.6 Å². The molecule has 17 heavy (non-hydrogen) atoms. The Morgan fingerprint density at radius 3 is 2.82 bits per heavy atom. The van der Waals surface area contributed by atoms with Gasteiger partial charge in [0.25, 0.3) is 0 Å². The molecule has 1 amide bonds. The summed E-state index contributed by atoms with van der Waals surface area (Å²) >= 11 is 0. The van der Waals surface area contributed by atoms with Gasteiger partial charge >= 0.3 is 7.12 Å². The second-order valence-corrected chi connectivity index (χ2v) is 6.42. The van der Waals surface area contributed by atoms with Crippen LogP contribution in [0.15, 0.2) is 0 Å². The normalized spacial score (nSPS) is 46.1. The summed E-state index contributed by atoms with van der Waals surface area (Å²) in [6.45, 7) is 6.86. The second kappa shape index (κ2) is 3.48. The fourth-order valence-corrected chi connectivity index (χ4v) is 4.18. The van der Waals surface area contributed by atoms with E-state index < -0.39 is 0 Å². The van der Waals surface area contributed by atoms with Gasteiger partial charge in [-0.1, -0.05) is 13.8 Å². The predicted octanol–water partition coefficient (Wildman–Crippen LogP) is 1.000. The standard InChI is InChI=1S/C12H20BNO3/c1-11(2)8-4-9(11)12(3)10(5-8)16-13(17-12)6-14-7-15/h7-10H,4-6H2,1-3H3,(H,14,15)/t8-,9-,10+,12-/m0/s1. The van der Waals surface area contributed by atoms with E-state index in [1.807, 2.05) is 0 Å². The van der Waals surface area contributed by atoms with Gasteiger partial charge in [0.05, 0.1) is 18.1 Å². The van der Waals surface area contributed by atoms with Crippen LogP contribution in [0, 0.1) is 17.3 Å². The van der Waals surface area contributed by atoms with Crippen molar-refractivity contribution in [2.45, 2.75) is 45.3 Å². The molecule has 4 nitrogen and oxygen atoms in total. The van der Waals surface area contributed by atoms with E-state index in [1.165, 1.54) is 6.42 Å². The molecule has 3 aliphatic carbocycles. The van der Waals surface area contributed by atoms with Crippen molar-refractivity contribution in [3.8, 4) is 0 Å². The van der Waals surface area contributed by atoms with Gasteiger partial charge in [-0.05, 0) is 37.0 Å². The summed E-state index contributed by atoms with van der Waals surface area (Å²) in [7, 11) is -0.273. The van der Waals surface area contributed by atoms with E-state index in [0.717, 1.165) is 12.3 Å². The predicted molar refractivity (Wildman–Crippen MR) is 64.2 cm³/mol. The van der Waals surface area contributed by atoms with E-state index in [4.69, 9.17) is 9.31 Å². The molecule has 1 aliphatic heterocycles. The van der Waals surface area contributed by atoms with E-state index in [9.17, 15) is 4.79 Å². The highest BCUT2D eigenvalue weighted by molar-refractivity contribution is 6.45. The van der Waals surface area contributed by atoms with Gasteiger partial charge in [0.15, 0.2) is 0 Å². The van der Waals surface area contributed by atoms with Gasteiger partial charge < -0.3 is 14.6 Å². The number of hydrogen-bond acceptors (Lipinski definition) is 3. The number of rotatable bonds is 3. The van der Waals surface area contributed by atoms with Crippen LogP contribution < -0.4 is 5.32 Å². The molecule has 4 rings (SSSR count). The number of carbonyl (C=O) groups is 1. The maximum atomic E-state index is 10.3. The maximum Gasteiger partial charge on any atom is 0.478 e. The van der Waals surface area contributed by atoms with Crippen LogP contribution in [0.4, 0.5) is 0 Å². The van der Waals surface area contributed by atoms with Crippen LogP contribution in [0.25, 0.3) is 0 Å². The molecule has 3 saturated carbocycles. The van der Waals surface area contributed by atoms with Gasteiger partial charge in [-0.15, -0.1) is 0 Å². The van der Waals surface area contributed by atoms with Crippen molar-refractivity contribution in [3.05, 3.63) is 0 Å². The molecule has 4 fully saturated rings. The zero-order valence-electron chi connectivity index (χ0n) is 10.7. The molecule has 0 aromatic rings. The zero-order valence-corrected chi connectivity index (χ0v) is 10.7. The average molecular weight is 237 g/mol. The molecule has 5 heteroatoms. The van der Waals surface area contributed by atoms with Gasteiger partial charge in [-0.3, -0.25) is 4.79 Å². The van der Waals surface area contributed by atoms with Crippen molar-refractivity contribution >= 4 is 13.5 Å². The summed E-state index contributed by atoms with van der Waals surface area (Å²) in [5, 5.41) is 2.64. The van der Waals surface area contributed by atoms with Crippen molar-refractivity contribution in [1.29, 1.82) is 0 Å². The molecule has 4 aliphatic rings. The average Bonchev–Trinajstić information content (AvgIpc) is 2.61. The van der Waals surface area contributed by atoms with Crippen molar-refractivity contribution in [1.82, 2.24) is 5.32 Å². The maximum absolute atomic E-state index is 10.3. The molecule has 1 N–H and O–H groups in total. The molecule has 0 spiro atoms. The lowest BCUT2D eigenvalue weighted by atomic mass is 9.43. The van der Waals surface area contributed by atoms with Crippen LogP contribution in [0.1, 0.15) is 33.6 Å². The zero-order chi connectivity index (χ0) is 12.3. The van der Waals surface area contributed by atoms with E-state index >= 15 is 0 Å². The molecule has 4 atom stereocenters. The van der Waals surface area contributed by atoms with E-state index in [2.05, 4.69) is 26.1 Å². The summed E-state index contributed by atoms with van der Waals surface area (Å²) in [5.41, 5.74) is 0.217. The highest BCUT2D eigenvalue weighted by atomic mass is 16.7. The van der Waals surface area contributed by atoms with Crippen molar-refractivity contribution in [3.63, 3.8) is 0 Å². The quantitative estimate of drug-likeness (QED) is 0.588. The molecule has 1 heterocycles. The number of nitrogens with one attached hydrogen (secondary N) is 1. The summed E-state index contributed by atoms with van der Waals surface area (Å²) in [4.78, 5) is 10.3. The third-order valence-electron chi connectivity index (χ3n) is 5.37. The molecule has 0 radical (unpaired) electrons. The molecule has 0 unspecified atom stereocenters. The third kappa shape index (κ3) is 1.42. The van der Waals surface area contributed by atoms with Crippen LogP contribution >= 0.6 is 0 Å². The number of amides is 1. The van der Waals surface area contributed by atoms with Gasteiger partial charge in [0.2, 0.25) is 6.41 Å². The molecule has 0 aromatic heterocycles. The lowest BCUT2D eigenvalue weighted by Crippen LogP contribution is -2.65. The third-order valence-corrected chi connectivity index (χ3v) is 5.37. The first-order valence-corrected chi connectivity index (χ1v) is 6.49. The van der Waals surface area contributed by atoms with Crippen molar-refractivity contribution in [2.75, 3.05) is 6.44 Å². The van der Waals surface area contributed by atoms with Crippen LogP contribution in [0.2, 0.25) is 0 Å². The Balaban J connectivity index is 1.75. The first-order valence-electron chi connectivity index (χ1n) is 6.49. The fourth-order valence-electron chi connectivity index (χ4n) is 4.18. The minimum absolute atomic E-state index is 0.159. The fraction of sp³-hybridized carbons (Fsp3) is 0.917. The Morgan fingerprint density at radius 1 is 1.41 bits per heavy atom. The Labute approximate surface area is 103 Å². The Kier molecular flexibility index (Phi) is 2.36. The van der Waals surface area contributed by atoms with Crippen molar-refractivity contribution < 1.29 is 14.1 Å². The van der Waals surface area contributed by atoms with Gasteiger partial charge in [0.1, 0.15) is 0 Å². The van der Waals surface area contributed by atoms with Crippen LogP contribution in [0.5, 0.6) is 0 Å². The molecular formula is C12H20BNO3. The first-order chi connectivity index (χ1) is 7.98. The smallest absolute Gasteiger partial charge is 0.404 e. The minimum Gasteiger partial charge on any atom is -0.404 e. The Morgan fingerprint density at radius 2 is 2.18 bits per heavy atom. The van der Waals surface area contributed by atoms with E-state index in [0.29, 0.717) is 24.2 Å². The molecule has 1 saturated heterocycles. The van der Waals surface area contributed by atoms with Crippen molar-refractivity contribution in [2.24, 2.45) is 17.3 Å². The first kappa shape index (κ1) is 11.5. The lowest BCUT2D eigenvalue weighted by molar-refractivity contribution is -0.199. The summed E-state index contributed by atoms with van der Waals surface area (Å²) in [5.74, 6) is 1.35. The second-order valence-electron chi connectivity index (χ2n) is 6.42. The molecule has 0 aromatic carbocycles. The van der Waals surface area contributed by atoms with Crippen LogP contribution in [-0.4, -0.2) is 31.7 Å². The molecule has 94 valence electrons. The summed E-state index contributed by atoms with van der Waals surface area (Å²) < 4.78 is 12.0. The summed E-state index contributed by atoms with van der Waals surface area (Å²) in [6.07, 6.45) is 3.71. The Hall–Kier alpha value is -0.545. The number of hydrogen-bond donors (Lipinski definition) is 1. The van der Waals surface area contributed by atoms with Gasteiger partial charge in [-0.2, -0.15) is 0 Å². The van der Waals surface area contributed by atoms with Gasteiger partial charge in [-0.25, -0.2) is 0 Å². The van der Waals surface area contributed by atoms with E-state index in [-0.39, 0.29) is 18.8 Å². The molecular weight excluding hydrogens is 217 g/mol. The minimum atomic E-state index is -0.273. The Bertz CT molecular complexity index is 349. The van der Waals surface area contributed by atoms with Gasteiger partial charge in [0, 0.05) is 0 Å². The highest BCUT2D eigenvalue weighted by Gasteiger charge is 2.67. The lowest BCUT2D eigenvalue weighted by Gasteiger charge is -2.64. The van der Waals surface area contributed by atoms with Crippen LogP contribution in [-0.2, 0) is 14.1 Å². The monoisotopic (exact) mass is 237 g/mol. The summed E-state index contributed by atoms with van der Waals surface area (Å²) in [6, 6.07) is 0. The highest BCUT2D eigenvalue weighted by Crippen LogP contribution is 2.65. The SMILES string of the molecule is CC1(C)[C@@H]2C[C@H]3OB(CNC=O)O[C@@]3(C)[C@H]1C2.